The number of carbonyl (C=O) groups is 1. The van der Waals surface area contributed by atoms with Crippen molar-refractivity contribution < 1.29 is 19.4 Å². The van der Waals surface area contributed by atoms with Gasteiger partial charge in [0.15, 0.2) is 0 Å². The number of pyridine rings is 1. The summed E-state index contributed by atoms with van der Waals surface area (Å²) >= 11 is 0. The highest BCUT2D eigenvalue weighted by molar-refractivity contribution is 5.93. The topological polar surface area (TPSA) is 132 Å². The fourth-order valence-corrected chi connectivity index (χ4v) is 4.66. The van der Waals surface area contributed by atoms with E-state index in [0.29, 0.717) is 30.6 Å². The highest BCUT2D eigenvalue weighted by Crippen LogP contribution is 2.38. The number of hydrogen-bond acceptors (Lipinski definition) is 8. The Kier molecular flexibility index (Phi) is 6.55. The number of amides is 1. The summed E-state index contributed by atoms with van der Waals surface area (Å²) in [7, 11) is 0. The van der Waals surface area contributed by atoms with Gasteiger partial charge in [0.25, 0.3) is 0 Å². The van der Waals surface area contributed by atoms with E-state index in [-0.39, 0.29) is 18.1 Å². The minimum Gasteiger partial charge on any atom is -0.474 e. The fourth-order valence-electron chi connectivity index (χ4n) is 4.66. The molecule has 9 nitrogen and oxygen atoms in total. The standard InChI is InChI=1S/C25H29N5O4/c26-23(32)16-1-5-17(6-2-16)29-25-28-14-21-22(30-25)20(15-3-7-18(31)8-4-15)13-27-24(21)34-19-9-11-33-12-10-19/h1-2,5-6,13-15,18-19,31H,3-4,7-12H2,(H2,26,32)(H,28,29,30)/t15-,18-. The molecule has 3 heterocycles. The van der Waals surface area contributed by atoms with E-state index in [0.717, 1.165) is 60.7 Å². The lowest BCUT2D eigenvalue weighted by molar-refractivity contribution is 0.0244. The third-order valence-electron chi connectivity index (χ3n) is 6.62. The van der Waals surface area contributed by atoms with Crippen LogP contribution in [0, 0.1) is 0 Å². The van der Waals surface area contributed by atoms with E-state index in [9.17, 15) is 9.90 Å². The number of aliphatic hydroxyl groups excluding tert-OH is 1. The van der Waals surface area contributed by atoms with Gasteiger partial charge in [0.2, 0.25) is 17.7 Å². The van der Waals surface area contributed by atoms with E-state index in [1.54, 1.807) is 30.5 Å². The van der Waals surface area contributed by atoms with Crippen molar-refractivity contribution in [1.29, 1.82) is 0 Å². The Labute approximate surface area is 197 Å². The van der Waals surface area contributed by atoms with E-state index in [1.165, 1.54) is 0 Å². The molecule has 0 atom stereocenters. The van der Waals surface area contributed by atoms with Crippen LogP contribution in [0.3, 0.4) is 0 Å². The molecule has 1 aliphatic heterocycles. The summed E-state index contributed by atoms with van der Waals surface area (Å²) in [6, 6.07) is 6.86. The molecule has 1 aromatic carbocycles. The lowest BCUT2D eigenvalue weighted by atomic mass is 9.83. The minimum absolute atomic E-state index is 0.0571. The average molecular weight is 464 g/mol. The van der Waals surface area contributed by atoms with E-state index < -0.39 is 5.91 Å². The van der Waals surface area contributed by atoms with Crippen LogP contribution >= 0.6 is 0 Å². The predicted molar refractivity (Wildman–Crippen MR) is 127 cm³/mol. The molecule has 1 amide bonds. The highest BCUT2D eigenvalue weighted by Gasteiger charge is 2.25. The minimum atomic E-state index is -0.472. The first kappa shape index (κ1) is 22.5. The van der Waals surface area contributed by atoms with Crippen molar-refractivity contribution in [2.75, 3.05) is 18.5 Å². The molecule has 0 bridgehead atoms. The summed E-state index contributed by atoms with van der Waals surface area (Å²) in [5.41, 5.74) is 8.38. The molecule has 0 spiro atoms. The summed E-state index contributed by atoms with van der Waals surface area (Å²) in [5, 5.41) is 14.0. The second kappa shape index (κ2) is 9.90. The maximum atomic E-state index is 11.3. The molecule has 1 saturated heterocycles. The highest BCUT2D eigenvalue weighted by atomic mass is 16.5. The monoisotopic (exact) mass is 463 g/mol. The Morgan fingerprint density at radius 1 is 1.03 bits per heavy atom. The number of nitrogens with one attached hydrogen (secondary N) is 1. The number of rotatable bonds is 6. The Morgan fingerprint density at radius 3 is 2.47 bits per heavy atom. The summed E-state index contributed by atoms with van der Waals surface area (Å²) in [6.07, 6.45) is 8.43. The first-order valence-corrected chi connectivity index (χ1v) is 11.8. The lowest BCUT2D eigenvalue weighted by Gasteiger charge is -2.27. The molecule has 9 heteroatoms. The van der Waals surface area contributed by atoms with Crippen molar-refractivity contribution in [2.24, 2.45) is 5.73 Å². The van der Waals surface area contributed by atoms with Gasteiger partial charge in [-0.2, -0.15) is 0 Å². The van der Waals surface area contributed by atoms with Crippen LogP contribution in [-0.2, 0) is 4.74 Å². The Bertz CT molecular complexity index is 1160. The number of carbonyl (C=O) groups excluding carboxylic acids is 1. The van der Waals surface area contributed by atoms with Gasteiger partial charge in [0.05, 0.1) is 30.2 Å². The molecular formula is C25H29N5O4. The average Bonchev–Trinajstić information content (AvgIpc) is 2.86. The molecule has 0 unspecified atom stereocenters. The molecule has 178 valence electrons. The molecule has 34 heavy (non-hydrogen) atoms. The number of nitrogens with zero attached hydrogens (tertiary/aromatic N) is 3. The van der Waals surface area contributed by atoms with E-state index in [4.69, 9.17) is 20.2 Å². The number of benzene rings is 1. The molecule has 2 aliphatic rings. The molecule has 1 aliphatic carbocycles. The number of aliphatic hydroxyl groups is 1. The largest absolute Gasteiger partial charge is 0.474 e. The van der Waals surface area contributed by atoms with Gasteiger partial charge in [-0.25, -0.2) is 15.0 Å². The SMILES string of the molecule is NC(=O)c1ccc(Nc2ncc3c(OC4CCOCC4)ncc([C@H]4CC[C@H](O)CC4)c3n2)cc1. The van der Waals surface area contributed by atoms with Crippen LogP contribution in [-0.4, -0.2) is 51.4 Å². The summed E-state index contributed by atoms with van der Waals surface area (Å²) in [5.74, 6) is 0.784. The van der Waals surface area contributed by atoms with Crippen molar-refractivity contribution in [2.45, 2.75) is 56.7 Å². The number of anilines is 2. The normalized spacial score (nSPS) is 21.3. The number of primary amides is 1. The van der Waals surface area contributed by atoms with E-state index in [1.807, 2.05) is 6.20 Å². The zero-order valence-electron chi connectivity index (χ0n) is 18.9. The van der Waals surface area contributed by atoms with Crippen LogP contribution in [0.5, 0.6) is 5.88 Å². The van der Waals surface area contributed by atoms with Crippen LogP contribution < -0.4 is 15.8 Å². The predicted octanol–water partition coefficient (Wildman–Crippen LogP) is 3.44. The molecule has 1 saturated carbocycles. The van der Waals surface area contributed by atoms with Gasteiger partial charge in [-0.05, 0) is 55.9 Å². The van der Waals surface area contributed by atoms with E-state index >= 15 is 0 Å². The van der Waals surface area contributed by atoms with Crippen molar-refractivity contribution in [3.63, 3.8) is 0 Å². The Hall–Kier alpha value is -3.30. The third-order valence-corrected chi connectivity index (χ3v) is 6.62. The van der Waals surface area contributed by atoms with Gasteiger partial charge in [-0.3, -0.25) is 4.79 Å². The number of nitrogens with two attached hydrogens (primary N) is 1. The van der Waals surface area contributed by atoms with Crippen LogP contribution in [0.4, 0.5) is 11.6 Å². The maximum Gasteiger partial charge on any atom is 0.248 e. The van der Waals surface area contributed by atoms with Gasteiger partial charge >= 0.3 is 0 Å². The Morgan fingerprint density at radius 2 is 1.76 bits per heavy atom. The summed E-state index contributed by atoms with van der Waals surface area (Å²) < 4.78 is 11.7. The second-order valence-corrected chi connectivity index (χ2v) is 8.98. The van der Waals surface area contributed by atoms with Gasteiger partial charge in [0, 0.05) is 42.0 Å². The molecule has 2 fully saturated rings. The number of ether oxygens (including phenoxy) is 2. The van der Waals surface area contributed by atoms with Crippen molar-refractivity contribution in [1.82, 2.24) is 15.0 Å². The summed E-state index contributed by atoms with van der Waals surface area (Å²) in [6.45, 7) is 1.37. The van der Waals surface area contributed by atoms with Gasteiger partial charge in [-0.1, -0.05) is 0 Å². The third kappa shape index (κ3) is 4.95. The molecule has 4 N–H and O–H groups in total. The molecule has 3 aromatic rings. The molecular weight excluding hydrogens is 434 g/mol. The first-order valence-electron chi connectivity index (χ1n) is 11.8. The van der Waals surface area contributed by atoms with Gasteiger partial charge in [-0.15, -0.1) is 0 Å². The van der Waals surface area contributed by atoms with Crippen LogP contribution in [0.2, 0.25) is 0 Å². The fraction of sp³-hybridized carbons (Fsp3) is 0.440. The second-order valence-electron chi connectivity index (χ2n) is 8.98. The van der Waals surface area contributed by atoms with Crippen molar-refractivity contribution >= 4 is 28.4 Å². The maximum absolute atomic E-state index is 11.3. The van der Waals surface area contributed by atoms with Gasteiger partial charge in [0.1, 0.15) is 6.10 Å². The van der Waals surface area contributed by atoms with Crippen LogP contribution in [0.25, 0.3) is 10.9 Å². The molecule has 0 radical (unpaired) electrons. The van der Waals surface area contributed by atoms with Gasteiger partial charge < -0.3 is 25.6 Å². The van der Waals surface area contributed by atoms with Crippen molar-refractivity contribution in [3.8, 4) is 5.88 Å². The first-order chi connectivity index (χ1) is 16.6. The van der Waals surface area contributed by atoms with E-state index in [2.05, 4.69) is 15.3 Å². The summed E-state index contributed by atoms with van der Waals surface area (Å²) in [4.78, 5) is 25.4. The zero-order valence-corrected chi connectivity index (χ0v) is 18.9. The lowest BCUT2D eigenvalue weighted by Crippen LogP contribution is -2.26. The van der Waals surface area contributed by atoms with Crippen molar-refractivity contribution in [3.05, 3.63) is 47.8 Å². The zero-order chi connectivity index (χ0) is 23.5. The smallest absolute Gasteiger partial charge is 0.248 e. The number of hydrogen-bond donors (Lipinski definition) is 3. The van der Waals surface area contributed by atoms with Crippen LogP contribution in [0.1, 0.15) is 60.4 Å². The quantitative estimate of drug-likeness (QED) is 0.506. The molecule has 5 rings (SSSR count). The van der Waals surface area contributed by atoms with Crippen LogP contribution in [0.15, 0.2) is 36.7 Å². The number of fused-ring (bicyclic) bond motifs is 1. The molecule has 2 aromatic heterocycles. The number of aromatic nitrogens is 3. The Balaban J connectivity index is 1.48.